The number of aryl methyl sites for hydroxylation is 1. The van der Waals surface area contributed by atoms with E-state index in [4.69, 9.17) is 11.6 Å². The van der Waals surface area contributed by atoms with Crippen molar-refractivity contribution in [2.75, 3.05) is 10.6 Å². The minimum absolute atomic E-state index is 0.0985. The zero-order valence-corrected chi connectivity index (χ0v) is 22.3. The van der Waals surface area contributed by atoms with Gasteiger partial charge in [0.25, 0.3) is 5.91 Å². The second-order valence-corrected chi connectivity index (χ2v) is 10.9. The number of hydrogen-bond acceptors (Lipinski definition) is 4. The fourth-order valence-electron chi connectivity index (χ4n) is 4.16. The van der Waals surface area contributed by atoms with Gasteiger partial charge >= 0.3 is 0 Å². The number of rotatable bonds is 8. The van der Waals surface area contributed by atoms with E-state index in [9.17, 15) is 13.2 Å². The number of aromatic nitrogens is 1. The molecule has 0 fully saturated rings. The van der Waals surface area contributed by atoms with Crippen LogP contribution in [0.15, 0.2) is 90.0 Å². The van der Waals surface area contributed by atoms with Crippen LogP contribution in [-0.2, 0) is 16.6 Å². The van der Waals surface area contributed by atoms with Gasteiger partial charge in [-0.3, -0.25) is 9.10 Å². The molecule has 1 N–H and O–H groups in total. The number of amides is 1. The minimum atomic E-state index is -3.67. The number of halogens is 1. The second-order valence-electron chi connectivity index (χ2n) is 8.58. The molecule has 0 saturated carbocycles. The third kappa shape index (κ3) is 5.93. The summed E-state index contributed by atoms with van der Waals surface area (Å²) < 4.78 is 28.6. The highest BCUT2D eigenvalue weighted by Crippen LogP contribution is 2.27. The summed E-state index contributed by atoms with van der Waals surface area (Å²) in [5, 5.41) is 4.79. The number of hydrogen-bond donors (Lipinski definition) is 1. The van der Waals surface area contributed by atoms with Crippen LogP contribution < -0.4 is 9.73 Å². The van der Waals surface area contributed by atoms with Crippen molar-refractivity contribution in [2.45, 2.75) is 20.4 Å². The molecule has 37 heavy (non-hydrogen) atoms. The molecule has 4 aromatic rings. The molecule has 3 aromatic carbocycles. The first-order valence-corrected chi connectivity index (χ1v) is 13.8. The molecule has 0 aliphatic heterocycles. The van der Waals surface area contributed by atoms with Crippen LogP contribution in [0.1, 0.15) is 32.9 Å². The Bertz CT molecular complexity index is 1560. The fraction of sp³-hybridized carbons (Fsp3) is 0.143. The van der Waals surface area contributed by atoms with Crippen molar-refractivity contribution >= 4 is 39.4 Å². The van der Waals surface area contributed by atoms with E-state index >= 15 is 0 Å². The van der Waals surface area contributed by atoms with Gasteiger partial charge < -0.3 is 4.57 Å². The molecule has 0 bridgehead atoms. The predicted octanol–water partition coefficient (Wildman–Crippen LogP) is 5.48. The largest absolute Gasteiger partial charge is 0.316 e. The fourth-order valence-corrected chi connectivity index (χ4v) is 5.28. The summed E-state index contributed by atoms with van der Waals surface area (Å²) in [7, 11) is -3.67. The zero-order chi connectivity index (χ0) is 26.6. The predicted molar refractivity (Wildman–Crippen MR) is 149 cm³/mol. The van der Waals surface area contributed by atoms with E-state index in [1.54, 1.807) is 30.5 Å². The average Bonchev–Trinajstić information content (AvgIpc) is 3.15. The molecule has 1 heterocycles. The average molecular weight is 535 g/mol. The smallest absolute Gasteiger partial charge is 0.273 e. The summed E-state index contributed by atoms with van der Waals surface area (Å²) in [6.45, 7) is 4.01. The number of carbonyl (C=O) groups is 1. The molecule has 190 valence electrons. The SMILES string of the molecule is Cc1cc(/C=N\NC(=O)c2ccccc2N(Cc2ccccc2)S(C)(=O)=O)c(C)n1-c1ccccc1Cl. The van der Waals surface area contributed by atoms with Gasteiger partial charge in [0.1, 0.15) is 0 Å². The molecular weight excluding hydrogens is 508 g/mol. The van der Waals surface area contributed by atoms with Gasteiger partial charge in [0.15, 0.2) is 0 Å². The van der Waals surface area contributed by atoms with Crippen molar-refractivity contribution in [1.82, 2.24) is 9.99 Å². The number of nitrogens with zero attached hydrogens (tertiary/aromatic N) is 3. The normalized spacial score (nSPS) is 11.6. The van der Waals surface area contributed by atoms with E-state index in [0.29, 0.717) is 5.02 Å². The summed E-state index contributed by atoms with van der Waals surface area (Å²) in [6, 6.07) is 25.3. The maximum Gasteiger partial charge on any atom is 0.273 e. The first kappa shape index (κ1) is 26.2. The number of nitrogens with one attached hydrogen (secondary N) is 1. The Hall–Kier alpha value is -3.88. The minimum Gasteiger partial charge on any atom is -0.316 e. The van der Waals surface area contributed by atoms with E-state index in [-0.39, 0.29) is 17.8 Å². The van der Waals surface area contributed by atoms with Gasteiger partial charge in [-0.25, -0.2) is 13.8 Å². The quantitative estimate of drug-likeness (QED) is 0.240. The molecule has 0 spiro atoms. The van der Waals surface area contributed by atoms with Gasteiger partial charge in [-0.2, -0.15) is 5.10 Å². The highest BCUT2D eigenvalue weighted by molar-refractivity contribution is 7.92. The molecule has 7 nitrogen and oxygen atoms in total. The lowest BCUT2D eigenvalue weighted by molar-refractivity contribution is 0.0955. The number of para-hydroxylation sites is 2. The van der Waals surface area contributed by atoms with E-state index in [1.807, 2.05) is 79.1 Å². The topological polar surface area (TPSA) is 83.8 Å². The monoisotopic (exact) mass is 534 g/mol. The molecule has 9 heteroatoms. The number of anilines is 1. The lowest BCUT2D eigenvalue weighted by Gasteiger charge is -2.24. The third-order valence-electron chi connectivity index (χ3n) is 5.92. The standard InChI is InChI=1S/C28H27ClN4O3S/c1-20-17-23(21(2)33(20)27-16-10-8-14-25(27)29)18-30-31-28(34)24-13-7-9-15-26(24)32(37(3,35)36)19-22-11-5-4-6-12-22/h4-18H,19H2,1-3H3,(H,31,34)/b30-18-. The Kier molecular flexibility index (Phi) is 7.80. The maximum absolute atomic E-state index is 13.1. The lowest BCUT2D eigenvalue weighted by atomic mass is 10.1. The molecule has 4 rings (SSSR count). The summed E-state index contributed by atoms with van der Waals surface area (Å²) in [6.07, 6.45) is 2.69. The van der Waals surface area contributed by atoms with Crippen LogP contribution in [0.3, 0.4) is 0 Å². The van der Waals surface area contributed by atoms with Gasteiger partial charge in [0.05, 0.1) is 41.0 Å². The molecule has 0 atom stereocenters. The molecule has 1 aromatic heterocycles. The second kappa shape index (κ2) is 11.0. The first-order chi connectivity index (χ1) is 17.7. The van der Waals surface area contributed by atoms with Gasteiger partial charge in [0.2, 0.25) is 10.0 Å². The Balaban J connectivity index is 1.58. The molecule has 0 aliphatic carbocycles. The van der Waals surface area contributed by atoms with Crippen LogP contribution in [-0.4, -0.2) is 31.4 Å². The summed E-state index contributed by atoms with van der Waals surface area (Å²) in [4.78, 5) is 13.1. The molecule has 0 aliphatic rings. The van der Waals surface area contributed by atoms with Gasteiger partial charge in [-0.05, 0) is 49.7 Å². The van der Waals surface area contributed by atoms with E-state index in [2.05, 4.69) is 10.5 Å². The van der Waals surface area contributed by atoms with E-state index in [0.717, 1.165) is 34.5 Å². The molecule has 0 unspecified atom stereocenters. The highest BCUT2D eigenvalue weighted by atomic mass is 35.5. The van der Waals surface area contributed by atoms with Crippen LogP contribution in [0.4, 0.5) is 5.69 Å². The Morgan fingerprint density at radius 1 is 1.00 bits per heavy atom. The van der Waals surface area contributed by atoms with Crippen LogP contribution in [0.5, 0.6) is 0 Å². The van der Waals surface area contributed by atoms with E-state index in [1.165, 1.54) is 4.31 Å². The molecule has 0 saturated heterocycles. The summed E-state index contributed by atoms with van der Waals surface area (Å²) in [5.74, 6) is -0.520. The van der Waals surface area contributed by atoms with Crippen LogP contribution in [0, 0.1) is 13.8 Å². The van der Waals surface area contributed by atoms with Gasteiger partial charge in [-0.15, -0.1) is 0 Å². The van der Waals surface area contributed by atoms with Crippen LogP contribution in [0.25, 0.3) is 5.69 Å². The van der Waals surface area contributed by atoms with Crippen molar-refractivity contribution in [3.63, 3.8) is 0 Å². The first-order valence-electron chi connectivity index (χ1n) is 11.5. The van der Waals surface area contributed by atoms with Gasteiger partial charge in [-0.1, -0.05) is 66.2 Å². The Morgan fingerprint density at radius 2 is 1.65 bits per heavy atom. The van der Waals surface area contributed by atoms with Crippen LogP contribution in [0.2, 0.25) is 5.02 Å². The lowest BCUT2D eigenvalue weighted by Crippen LogP contribution is -2.32. The third-order valence-corrected chi connectivity index (χ3v) is 7.37. The Labute approximate surface area is 222 Å². The maximum atomic E-state index is 13.1. The number of sulfonamides is 1. The zero-order valence-electron chi connectivity index (χ0n) is 20.7. The van der Waals surface area contributed by atoms with Crippen molar-refractivity contribution in [1.29, 1.82) is 0 Å². The van der Waals surface area contributed by atoms with Crippen molar-refractivity contribution < 1.29 is 13.2 Å². The Morgan fingerprint density at radius 3 is 2.35 bits per heavy atom. The number of benzene rings is 3. The molecule has 0 radical (unpaired) electrons. The molecule has 1 amide bonds. The van der Waals surface area contributed by atoms with Crippen molar-refractivity contribution in [3.05, 3.63) is 118 Å². The van der Waals surface area contributed by atoms with Gasteiger partial charge in [0, 0.05) is 17.0 Å². The summed E-state index contributed by atoms with van der Waals surface area (Å²) >= 11 is 6.39. The van der Waals surface area contributed by atoms with Crippen molar-refractivity contribution in [3.8, 4) is 5.69 Å². The highest BCUT2D eigenvalue weighted by Gasteiger charge is 2.23. The number of carbonyl (C=O) groups excluding carboxylic acids is 1. The van der Waals surface area contributed by atoms with Crippen molar-refractivity contribution in [2.24, 2.45) is 5.10 Å². The van der Waals surface area contributed by atoms with E-state index < -0.39 is 15.9 Å². The summed E-state index contributed by atoms with van der Waals surface area (Å²) in [5.41, 5.74) is 7.36. The van der Waals surface area contributed by atoms with Crippen LogP contribution >= 0.6 is 11.6 Å². The molecular formula is C28H27ClN4O3S. The number of hydrazone groups is 1.